The second-order valence-electron chi connectivity index (χ2n) is 7.28. The van der Waals surface area contributed by atoms with Crippen molar-refractivity contribution in [3.8, 4) is 11.4 Å². The van der Waals surface area contributed by atoms with Gasteiger partial charge in [-0.05, 0) is 55.0 Å². The van der Waals surface area contributed by atoms with Gasteiger partial charge in [0.25, 0.3) is 5.91 Å². The molecule has 8 heteroatoms. The zero-order valence-electron chi connectivity index (χ0n) is 15.8. The third-order valence-corrected chi connectivity index (χ3v) is 5.41. The van der Waals surface area contributed by atoms with E-state index in [9.17, 15) is 13.6 Å². The predicted octanol–water partition coefficient (Wildman–Crippen LogP) is 3.63. The Hall–Kier alpha value is -3.16. The first-order chi connectivity index (χ1) is 14.1. The first kappa shape index (κ1) is 19.2. The predicted molar refractivity (Wildman–Crippen MR) is 103 cm³/mol. The maximum Gasteiger partial charge on any atom is 0.254 e. The van der Waals surface area contributed by atoms with Crippen LogP contribution in [-0.4, -0.2) is 44.5 Å². The molecule has 1 aliphatic heterocycles. The number of hydrogen-bond donors (Lipinski definition) is 1. The minimum Gasteiger partial charge on any atom is -0.338 e. The lowest BCUT2D eigenvalue weighted by Gasteiger charge is -2.33. The number of aromatic amines is 1. The van der Waals surface area contributed by atoms with Crippen LogP contribution in [0.1, 0.15) is 35.2 Å². The van der Waals surface area contributed by atoms with Crippen molar-refractivity contribution >= 4 is 5.91 Å². The molecule has 0 aliphatic carbocycles. The smallest absolute Gasteiger partial charge is 0.254 e. The van der Waals surface area contributed by atoms with E-state index in [4.69, 9.17) is 0 Å². The van der Waals surface area contributed by atoms with E-state index in [0.29, 0.717) is 42.9 Å². The average Bonchev–Trinajstić information content (AvgIpc) is 3.28. The number of nitrogens with zero attached hydrogens (tertiary/aromatic N) is 4. The van der Waals surface area contributed by atoms with Crippen LogP contribution < -0.4 is 0 Å². The minimum atomic E-state index is -0.511. The van der Waals surface area contributed by atoms with Crippen LogP contribution in [0.3, 0.4) is 0 Å². The van der Waals surface area contributed by atoms with Crippen LogP contribution >= 0.6 is 0 Å². The first-order valence-electron chi connectivity index (χ1n) is 9.68. The molecule has 0 saturated carbocycles. The molecule has 1 unspecified atom stereocenters. The normalized spacial score (nSPS) is 16.8. The van der Waals surface area contributed by atoms with Crippen molar-refractivity contribution in [2.45, 2.75) is 25.7 Å². The molecule has 1 amide bonds. The van der Waals surface area contributed by atoms with Crippen LogP contribution in [0, 0.1) is 17.6 Å². The van der Waals surface area contributed by atoms with Crippen molar-refractivity contribution in [3.05, 3.63) is 65.2 Å². The van der Waals surface area contributed by atoms with E-state index in [-0.39, 0.29) is 17.4 Å². The highest BCUT2D eigenvalue weighted by atomic mass is 19.1. The fourth-order valence-corrected chi connectivity index (χ4v) is 3.92. The lowest BCUT2D eigenvalue weighted by molar-refractivity contribution is 0.0668. The van der Waals surface area contributed by atoms with Crippen LogP contribution in [0.4, 0.5) is 8.78 Å². The highest BCUT2D eigenvalue weighted by molar-refractivity contribution is 6.00. The third-order valence-electron chi connectivity index (χ3n) is 5.41. The van der Waals surface area contributed by atoms with Crippen molar-refractivity contribution in [2.75, 3.05) is 13.1 Å². The molecule has 1 aliphatic rings. The number of halogens is 2. The molecule has 0 radical (unpaired) electrons. The average molecular weight is 397 g/mol. The zero-order valence-corrected chi connectivity index (χ0v) is 15.8. The Balaban J connectivity index is 1.46. The largest absolute Gasteiger partial charge is 0.338 e. The van der Waals surface area contributed by atoms with Crippen LogP contribution in [0.25, 0.3) is 11.4 Å². The molecule has 1 saturated heterocycles. The van der Waals surface area contributed by atoms with E-state index in [1.54, 1.807) is 18.2 Å². The first-order valence-corrected chi connectivity index (χ1v) is 9.68. The van der Waals surface area contributed by atoms with Crippen molar-refractivity contribution in [2.24, 2.45) is 5.92 Å². The van der Waals surface area contributed by atoms with Gasteiger partial charge in [0.05, 0.1) is 5.56 Å². The molecule has 1 N–H and O–H groups in total. The van der Waals surface area contributed by atoms with Crippen LogP contribution in [0.2, 0.25) is 0 Å². The summed E-state index contributed by atoms with van der Waals surface area (Å²) in [7, 11) is 0. The number of amides is 1. The second kappa shape index (κ2) is 8.46. The third kappa shape index (κ3) is 4.16. The SMILES string of the molecule is O=C(c1ccccc1-c1nn[nH]n1)N1CCCC(CCc2c(F)cccc2F)C1. The molecule has 1 atom stereocenters. The monoisotopic (exact) mass is 397 g/mol. The second-order valence-corrected chi connectivity index (χ2v) is 7.28. The Morgan fingerprint density at radius 3 is 2.69 bits per heavy atom. The summed E-state index contributed by atoms with van der Waals surface area (Å²) in [6.07, 6.45) is 2.76. The van der Waals surface area contributed by atoms with Gasteiger partial charge < -0.3 is 4.90 Å². The number of hydrogen-bond acceptors (Lipinski definition) is 4. The number of likely N-dealkylation sites (tertiary alicyclic amines) is 1. The van der Waals surface area contributed by atoms with E-state index in [1.807, 2.05) is 11.0 Å². The summed E-state index contributed by atoms with van der Waals surface area (Å²) in [6.45, 7) is 1.22. The highest BCUT2D eigenvalue weighted by Crippen LogP contribution is 2.27. The van der Waals surface area contributed by atoms with Gasteiger partial charge in [0.2, 0.25) is 5.82 Å². The molecule has 29 heavy (non-hydrogen) atoms. The zero-order chi connectivity index (χ0) is 20.2. The van der Waals surface area contributed by atoms with E-state index >= 15 is 0 Å². The number of benzene rings is 2. The van der Waals surface area contributed by atoms with Crippen LogP contribution in [0.5, 0.6) is 0 Å². The number of H-pyrrole nitrogens is 1. The number of nitrogens with one attached hydrogen (secondary N) is 1. The Morgan fingerprint density at radius 2 is 1.93 bits per heavy atom. The number of rotatable bonds is 5. The van der Waals surface area contributed by atoms with Crippen molar-refractivity contribution < 1.29 is 13.6 Å². The summed E-state index contributed by atoms with van der Waals surface area (Å²) >= 11 is 0. The molecule has 1 aromatic heterocycles. The number of tetrazole rings is 1. The Morgan fingerprint density at radius 1 is 1.14 bits per heavy atom. The summed E-state index contributed by atoms with van der Waals surface area (Å²) in [5, 5.41) is 13.9. The van der Waals surface area contributed by atoms with Gasteiger partial charge in [0.15, 0.2) is 0 Å². The molecule has 2 heterocycles. The van der Waals surface area contributed by atoms with Gasteiger partial charge in [-0.15, -0.1) is 10.2 Å². The van der Waals surface area contributed by atoms with E-state index in [2.05, 4.69) is 20.6 Å². The summed E-state index contributed by atoms with van der Waals surface area (Å²) < 4.78 is 27.8. The fourth-order valence-electron chi connectivity index (χ4n) is 3.92. The molecule has 0 spiro atoms. The van der Waals surface area contributed by atoms with Gasteiger partial charge in [-0.25, -0.2) is 8.78 Å². The molecule has 4 rings (SSSR count). The molecular formula is C21H21F2N5O. The van der Waals surface area contributed by atoms with E-state index in [1.165, 1.54) is 18.2 Å². The topological polar surface area (TPSA) is 74.8 Å². The van der Waals surface area contributed by atoms with E-state index in [0.717, 1.165) is 12.8 Å². The fraction of sp³-hybridized carbons (Fsp3) is 0.333. The number of aromatic nitrogens is 4. The van der Waals surface area contributed by atoms with Crippen molar-refractivity contribution in [3.63, 3.8) is 0 Å². The standard InChI is InChI=1S/C21H21F2N5O/c22-18-8-3-9-19(23)17(18)11-10-14-5-4-12-28(13-14)21(29)16-7-2-1-6-15(16)20-24-26-27-25-20/h1-3,6-9,14H,4-5,10-13H2,(H,24,25,26,27). The molecule has 6 nitrogen and oxygen atoms in total. The lowest BCUT2D eigenvalue weighted by Crippen LogP contribution is -2.40. The summed E-state index contributed by atoms with van der Waals surface area (Å²) in [4.78, 5) is 15.0. The summed E-state index contributed by atoms with van der Waals surface area (Å²) in [5.74, 6) is -0.542. The molecule has 2 aromatic carbocycles. The number of carbonyl (C=O) groups is 1. The van der Waals surface area contributed by atoms with Gasteiger partial charge in [0.1, 0.15) is 11.6 Å². The Bertz CT molecular complexity index is 972. The van der Waals surface area contributed by atoms with Gasteiger partial charge in [-0.2, -0.15) is 5.21 Å². The number of carbonyl (C=O) groups excluding carboxylic acids is 1. The summed E-state index contributed by atoms with van der Waals surface area (Å²) in [6, 6.07) is 11.1. The molecule has 1 fully saturated rings. The quantitative estimate of drug-likeness (QED) is 0.713. The maximum absolute atomic E-state index is 13.9. The van der Waals surface area contributed by atoms with E-state index < -0.39 is 11.6 Å². The molecule has 3 aromatic rings. The van der Waals surface area contributed by atoms with Gasteiger partial charge >= 0.3 is 0 Å². The Kier molecular flexibility index (Phi) is 5.59. The summed E-state index contributed by atoms with van der Waals surface area (Å²) in [5.41, 5.74) is 1.27. The Labute approximate surface area is 166 Å². The van der Waals surface area contributed by atoms with Gasteiger partial charge in [-0.3, -0.25) is 4.79 Å². The van der Waals surface area contributed by atoms with Gasteiger partial charge in [0, 0.05) is 24.2 Å². The van der Waals surface area contributed by atoms with Crippen LogP contribution in [0.15, 0.2) is 42.5 Å². The lowest BCUT2D eigenvalue weighted by atomic mass is 9.91. The van der Waals surface area contributed by atoms with Gasteiger partial charge in [-0.1, -0.05) is 24.3 Å². The highest BCUT2D eigenvalue weighted by Gasteiger charge is 2.27. The molecular weight excluding hydrogens is 376 g/mol. The molecule has 150 valence electrons. The van der Waals surface area contributed by atoms with Crippen molar-refractivity contribution in [1.82, 2.24) is 25.5 Å². The minimum absolute atomic E-state index is 0.0906. The van der Waals surface area contributed by atoms with Crippen molar-refractivity contribution in [1.29, 1.82) is 0 Å². The maximum atomic E-state index is 13.9. The molecule has 0 bridgehead atoms. The van der Waals surface area contributed by atoms with Crippen LogP contribution in [-0.2, 0) is 6.42 Å². The number of piperidine rings is 1.